The standard InChI is InChI=1S/C21H20ClFN2O/c22-17-7-5-16(6-8-17)21-10-9-18(26-21)15-24-11-13-25(14-12-24)20-4-2-1-3-19(20)23/h1-10H,11-15H2. The van der Waals surface area contributed by atoms with E-state index in [1.165, 1.54) is 6.07 Å². The van der Waals surface area contributed by atoms with Crippen molar-refractivity contribution in [1.29, 1.82) is 0 Å². The van der Waals surface area contributed by atoms with Gasteiger partial charge in [-0.15, -0.1) is 0 Å². The van der Waals surface area contributed by atoms with Crippen molar-refractivity contribution >= 4 is 17.3 Å². The van der Waals surface area contributed by atoms with Crippen LogP contribution in [0, 0.1) is 5.82 Å². The van der Waals surface area contributed by atoms with Gasteiger partial charge >= 0.3 is 0 Å². The number of hydrogen-bond donors (Lipinski definition) is 0. The van der Waals surface area contributed by atoms with Gasteiger partial charge in [0.1, 0.15) is 17.3 Å². The first-order chi connectivity index (χ1) is 12.7. The van der Waals surface area contributed by atoms with Gasteiger partial charge < -0.3 is 9.32 Å². The lowest BCUT2D eigenvalue weighted by atomic mass is 10.2. The normalized spacial score (nSPS) is 15.4. The van der Waals surface area contributed by atoms with E-state index in [9.17, 15) is 4.39 Å². The molecule has 0 amide bonds. The van der Waals surface area contributed by atoms with Crippen molar-refractivity contribution in [3.05, 3.63) is 77.3 Å². The molecule has 1 fully saturated rings. The number of para-hydroxylation sites is 1. The summed E-state index contributed by atoms with van der Waals surface area (Å²) in [5.74, 6) is 1.63. The number of furan rings is 1. The molecular formula is C21H20ClFN2O. The van der Waals surface area contributed by atoms with Crippen LogP contribution in [0.5, 0.6) is 0 Å². The van der Waals surface area contributed by atoms with E-state index in [1.54, 1.807) is 6.07 Å². The van der Waals surface area contributed by atoms with Crippen molar-refractivity contribution in [3.8, 4) is 11.3 Å². The SMILES string of the molecule is Fc1ccccc1N1CCN(Cc2ccc(-c3ccc(Cl)cc3)o2)CC1. The summed E-state index contributed by atoms with van der Waals surface area (Å²) >= 11 is 5.93. The molecule has 26 heavy (non-hydrogen) atoms. The summed E-state index contributed by atoms with van der Waals surface area (Å²) in [7, 11) is 0. The van der Waals surface area contributed by atoms with Crippen LogP contribution in [0.15, 0.2) is 65.1 Å². The number of piperazine rings is 1. The molecule has 0 spiro atoms. The number of nitrogens with zero attached hydrogens (tertiary/aromatic N) is 2. The zero-order chi connectivity index (χ0) is 17.9. The summed E-state index contributed by atoms with van der Waals surface area (Å²) in [5, 5.41) is 0.716. The lowest BCUT2D eigenvalue weighted by molar-refractivity contribution is 0.231. The van der Waals surface area contributed by atoms with Gasteiger partial charge in [-0.3, -0.25) is 4.90 Å². The minimum Gasteiger partial charge on any atom is -0.460 e. The molecule has 4 rings (SSSR count). The molecule has 3 nitrogen and oxygen atoms in total. The Labute approximate surface area is 157 Å². The van der Waals surface area contributed by atoms with E-state index in [0.29, 0.717) is 10.7 Å². The molecule has 1 aliphatic rings. The van der Waals surface area contributed by atoms with Crippen molar-refractivity contribution in [2.45, 2.75) is 6.54 Å². The quantitative estimate of drug-likeness (QED) is 0.640. The predicted octanol–water partition coefficient (Wildman–Crippen LogP) is 5.06. The molecule has 2 aromatic carbocycles. The van der Waals surface area contributed by atoms with Crippen LogP contribution >= 0.6 is 11.6 Å². The van der Waals surface area contributed by atoms with Gasteiger partial charge in [0.05, 0.1) is 12.2 Å². The first-order valence-corrected chi connectivity index (χ1v) is 9.13. The van der Waals surface area contributed by atoms with E-state index in [1.807, 2.05) is 48.5 Å². The molecule has 0 saturated carbocycles. The van der Waals surface area contributed by atoms with Crippen LogP contribution in [-0.4, -0.2) is 31.1 Å². The average molecular weight is 371 g/mol. The van der Waals surface area contributed by atoms with Gasteiger partial charge in [0, 0.05) is 36.8 Å². The van der Waals surface area contributed by atoms with E-state index in [2.05, 4.69) is 9.80 Å². The smallest absolute Gasteiger partial charge is 0.146 e. The fourth-order valence-electron chi connectivity index (χ4n) is 3.31. The van der Waals surface area contributed by atoms with Gasteiger partial charge in [-0.1, -0.05) is 23.7 Å². The van der Waals surface area contributed by atoms with E-state index in [0.717, 1.165) is 49.8 Å². The molecule has 1 aromatic heterocycles. The van der Waals surface area contributed by atoms with E-state index >= 15 is 0 Å². The molecule has 1 aliphatic heterocycles. The second kappa shape index (κ2) is 7.52. The number of hydrogen-bond acceptors (Lipinski definition) is 3. The largest absolute Gasteiger partial charge is 0.460 e. The molecule has 1 saturated heterocycles. The lowest BCUT2D eigenvalue weighted by Crippen LogP contribution is -2.46. The maximum absolute atomic E-state index is 13.9. The first kappa shape index (κ1) is 17.1. The summed E-state index contributed by atoms with van der Waals surface area (Å²) in [6.07, 6.45) is 0. The zero-order valence-electron chi connectivity index (χ0n) is 14.4. The molecule has 5 heteroatoms. The second-order valence-corrected chi connectivity index (χ2v) is 6.92. The van der Waals surface area contributed by atoms with Crippen LogP contribution in [-0.2, 0) is 6.54 Å². The molecule has 0 atom stereocenters. The Balaban J connectivity index is 1.36. The van der Waals surface area contributed by atoms with Crippen LogP contribution in [0.25, 0.3) is 11.3 Å². The molecule has 0 aliphatic carbocycles. The topological polar surface area (TPSA) is 19.6 Å². The van der Waals surface area contributed by atoms with Crippen molar-refractivity contribution < 1.29 is 8.81 Å². The van der Waals surface area contributed by atoms with Crippen LogP contribution < -0.4 is 4.90 Å². The highest BCUT2D eigenvalue weighted by Crippen LogP contribution is 2.25. The van der Waals surface area contributed by atoms with E-state index < -0.39 is 0 Å². The van der Waals surface area contributed by atoms with E-state index in [-0.39, 0.29) is 5.82 Å². The van der Waals surface area contributed by atoms with Gasteiger partial charge in [0.15, 0.2) is 0 Å². The predicted molar refractivity (Wildman–Crippen MR) is 103 cm³/mol. The third-order valence-corrected chi connectivity index (χ3v) is 4.99. The number of halogens is 2. The minimum absolute atomic E-state index is 0.153. The fraction of sp³-hybridized carbons (Fsp3) is 0.238. The summed E-state index contributed by atoms with van der Waals surface area (Å²) in [6, 6.07) is 18.6. The monoisotopic (exact) mass is 370 g/mol. The molecule has 2 heterocycles. The highest BCUT2D eigenvalue weighted by Gasteiger charge is 2.20. The van der Waals surface area contributed by atoms with Crippen molar-refractivity contribution in [2.75, 3.05) is 31.1 Å². The van der Waals surface area contributed by atoms with Crippen LogP contribution in [0.1, 0.15) is 5.76 Å². The Kier molecular flexibility index (Phi) is 4.96. The Bertz CT molecular complexity index is 870. The fourth-order valence-corrected chi connectivity index (χ4v) is 3.43. The third-order valence-electron chi connectivity index (χ3n) is 4.74. The second-order valence-electron chi connectivity index (χ2n) is 6.49. The molecule has 0 radical (unpaired) electrons. The van der Waals surface area contributed by atoms with Gasteiger partial charge in [-0.2, -0.15) is 0 Å². The Morgan fingerprint density at radius 3 is 2.35 bits per heavy atom. The summed E-state index contributed by atoms with van der Waals surface area (Å²) in [6.45, 7) is 4.15. The Morgan fingerprint density at radius 2 is 1.62 bits per heavy atom. The molecular weight excluding hydrogens is 351 g/mol. The first-order valence-electron chi connectivity index (χ1n) is 8.75. The molecule has 134 valence electrons. The third kappa shape index (κ3) is 3.76. The number of rotatable bonds is 4. The highest BCUT2D eigenvalue weighted by atomic mass is 35.5. The number of anilines is 1. The van der Waals surface area contributed by atoms with Crippen LogP contribution in [0.3, 0.4) is 0 Å². The van der Waals surface area contributed by atoms with Gasteiger partial charge in [-0.25, -0.2) is 4.39 Å². The summed E-state index contributed by atoms with van der Waals surface area (Å²) in [4.78, 5) is 4.44. The highest BCUT2D eigenvalue weighted by molar-refractivity contribution is 6.30. The van der Waals surface area contributed by atoms with Crippen LogP contribution in [0.2, 0.25) is 5.02 Å². The van der Waals surface area contributed by atoms with Crippen molar-refractivity contribution in [2.24, 2.45) is 0 Å². The maximum Gasteiger partial charge on any atom is 0.146 e. The van der Waals surface area contributed by atoms with Crippen molar-refractivity contribution in [3.63, 3.8) is 0 Å². The Hall–Kier alpha value is -2.30. The maximum atomic E-state index is 13.9. The van der Waals surface area contributed by atoms with Gasteiger partial charge in [0.2, 0.25) is 0 Å². The molecule has 3 aromatic rings. The molecule has 0 N–H and O–H groups in total. The minimum atomic E-state index is -0.153. The molecule has 0 bridgehead atoms. The zero-order valence-corrected chi connectivity index (χ0v) is 15.1. The van der Waals surface area contributed by atoms with Crippen LogP contribution in [0.4, 0.5) is 10.1 Å². The summed E-state index contributed by atoms with van der Waals surface area (Å²) < 4.78 is 19.9. The average Bonchev–Trinajstić information content (AvgIpc) is 3.12. The number of benzene rings is 2. The van der Waals surface area contributed by atoms with Gasteiger partial charge in [0.25, 0.3) is 0 Å². The van der Waals surface area contributed by atoms with Crippen molar-refractivity contribution in [1.82, 2.24) is 4.90 Å². The van der Waals surface area contributed by atoms with Gasteiger partial charge in [-0.05, 0) is 48.5 Å². The Morgan fingerprint density at radius 1 is 0.885 bits per heavy atom. The molecule has 0 unspecified atom stereocenters. The lowest BCUT2D eigenvalue weighted by Gasteiger charge is -2.35. The van der Waals surface area contributed by atoms with E-state index in [4.69, 9.17) is 16.0 Å². The summed E-state index contributed by atoms with van der Waals surface area (Å²) in [5.41, 5.74) is 1.71.